The standard InChI is InChI=1S/2C8H11BS.2C5H5.2ClH.Zr/c2*1-9(2)7-5-3-4-6-8(7)10;2*1-2-4-5-3-1;;;/h2*3-6,10H,1-2H3;2*1-3H,4H2;2*1H;/q;;2*-1;;;+2. The maximum atomic E-state index is 4.34. The van der Waals surface area contributed by atoms with E-state index in [0.717, 1.165) is 22.6 Å². The molecule has 0 saturated carbocycles. The molecule has 0 aromatic heterocycles. The van der Waals surface area contributed by atoms with Crippen LogP contribution in [0, 0.1) is 12.2 Å². The molecule has 0 N–H and O–H groups in total. The molecule has 33 heavy (non-hydrogen) atoms. The molecule has 2 aromatic carbocycles. The first kappa shape index (κ1) is 37.2. The number of hydrogen-bond donors (Lipinski definition) is 2. The van der Waals surface area contributed by atoms with Crippen molar-refractivity contribution in [1.82, 2.24) is 0 Å². The van der Waals surface area contributed by atoms with Gasteiger partial charge in [0, 0.05) is 0 Å². The van der Waals surface area contributed by atoms with Crippen molar-refractivity contribution in [2.75, 3.05) is 0 Å². The minimum atomic E-state index is 0. The van der Waals surface area contributed by atoms with E-state index in [4.69, 9.17) is 0 Å². The van der Waals surface area contributed by atoms with E-state index < -0.39 is 0 Å². The monoisotopic (exact) mass is 592 g/mol. The van der Waals surface area contributed by atoms with E-state index in [1.807, 2.05) is 48.6 Å². The zero-order valence-corrected chi connectivity index (χ0v) is 25.7. The van der Waals surface area contributed by atoms with Crippen molar-refractivity contribution < 1.29 is 26.2 Å². The summed E-state index contributed by atoms with van der Waals surface area (Å²) < 4.78 is 0. The molecule has 0 radical (unpaired) electrons. The summed E-state index contributed by atoms with van der Waals surface area (Å²) >= 11 is 8.67. The summed E-state index contributed by atoms with van der Waals surface area (Å²) in [4.78, 5) is 2.19. The molecule has 0 amide bonds. The van der Waals surface area contributed by atoms with E-state index in [0.29, 0.717) is 13.4 Å². The number of allylic oxidation sites excluding steroid dienone is 8. The van der Waals surface area contributed by atoms with Crippen LogP contribution in [0.5, 0.6) is 0 Å². The summed E-state index contributed by atoms with van der Waals surface area (Å²) in [6.07, 6.45) is 20.0. The molecule has 0 fully saturated rings. The maximum absolute atomic E-state index is 4.34. The third kappa shape index (κ3) is 17.7. The topological polar surface area (TPSA) is 0 Å². The van der Waals surface area contributed by atoms with Gasteiger partial charge in [0.1, 0.15) is 0 Å². The number of rotatable bonds is 2. The Morgan fingerprint density at radius 1 is 0.636 bits per heavy atom. The van der Waals surface area contributed by atoms with Crippen LogP contribution >= 0.6 is 50.1 Å². The second kappa shape index (κ2) is 23.4. The van der Waals surface area contributed by atoms with Crippen LogP contribution in [0.4, 0.5) is 0 Å². The predicted molar refractivity (Wildman–Crippen MR) is 159 cm³/mol. The molecule has 7 heteroatoms. The van der Waals surface area contributed by atoms with E-state index in [1.54, 1.807) is 0 Å². The Bertz CT molecular complexity index is 775. The number of benzene rings is 2. The number of hydrogen-bond acceptors (Lipinski definition) is 2. The van der Waals surface area contributed by atoms with Crippen LogP contribution in [0.15, 0.2) is 94.8 Å². The van der Waals surface area contributed by atoms with Crippen molar-refractivity contribution >= 4 is 74.4 Å². The molecule has 0 aliphatic heterocycles. The molecule has 0 heterocycles. The number of halogens is 2. The summed E-state index contributed by atoms with van der Waals surface area (Å²) in [7, 11) is 0. The normalized spacial score (nSPS) is 11.1. The quantitative estimate of drug-likeness (QED) is 0.203. The van der Waals surface area contributed by atoms with Crippen molar-refractivity contribution in [3.63, 3.8) is 0 Å². The average molecular weight is 594 g/mol. The van der Waals surface area contributed by atoms with Crippen LogP contribution < -0.4 is 10.9 Å². The Labute approximate surface area is 245 Å². The van der Waals surface area contributed by atoms with Crippen LogP contribution in [0.1, 0.15) is 12.8 Å². The Morgan fingerprint density at radius 2 is 0.970 bits per heavy atom. The zero-order valence-electron chi connectivity index (χ0n) is 19.9. The Hall–Kier alpha value is -0.307. The van der Waals surface area contributed by atoms with Gasteiger partial charge in [-0.05, 0) is 21.9 Å². The molecule has 2 aliphatic carbocycles. The minimum Gasteiger partial charge on any atom is -0.273 e. The van der Waals surface area contributed by atoms with Crippen molar-refractivity contribution in [2.24, 2.45) is 0 Å². The van der Waals surface area contributed by atoms with Gasteiger partial charge in [0.05, 0.1) is 0 Å². The van der Waals surface area contributed by atoms with Gasteiger partial charge in [0.2, 0.25) is 0 Å². The van der Waals surface area contributed by atoms with Crippen LogP contribution in [0.25, 0.3) is 0 Å². The second-order valence-corrected chi connectivity index (χ2v) is 8.40. The van der Waals surface area contributed by atoms with E-state index in [2.05, 4.69) is 101 Å². The van der Waals surface area contributed by atoms with E-state index in [-0.39, 0.29) is 51.0 Å². The fourth-order valence-electron chi connectivity index (χ4n) is 2.63. The van der Waals surface area contributed by atoms with Crippen LogP contribution in [-0.2, 0) is 26.2 Å². The zero-order chi connectivity index (χ0) is 22.2. The summed E-state index contributed by atoms with van der Waals surface area (Å²) in [5.41, 5.74) is 2.65. The smallest absolute Gasteiger partial charge is 0.273 e. The van der Waals surface area contributed by atoms with Crippen molar-refractivity contribution in [3.05, 3.63) is 97.1 Å². The minimum absolute atomic E-state index is 0. The third-order valence-corrected chi connectivity index (χ3v) is 5.10. The molecule has 0 spiro atoms. The first-order valence-corrected chi connectivity index (χ1v) is 11.3. The Balaban J connectivity index is -0.000000368. The van der Waals surface area contributed by atoms with Gasteiger partial charge in [-0.15, -0.1) is 62.9 Å². The summed E-state index contributed by atoms with van der Waals surface area (Å²) in [5.74, 6) is 0. The van der Waals surface area contributed by atoms with Gasteiger partial charge in [-0.1, -0.05) is 74.6 Å². The van der Waals surface area contributed by atoms with Crippen molar-refractivity contribution in [3.8, 4) is 0 Å². The van der Waals surface area contributed by atoms with E-state index >= 15 is 0 Å². The molecule has 0 bridgehead atoms. The third-order valence-electron chi connectivity index (χ3n) is 4.29. The summed E-state index contributed by atoms with van der Waals surface area (Å²) in [6, 6.07) is 16.4. The van der Waals surface area contributed by atoms with Gasteiger partial charge >= 0.3 is 26.2 Å². The SMILES string of the molecule is CB(C)c1ccccc1S.CB(C)c1ccccc1S.Cl.Cl.[C-]1=CC=CC1.[C-]1=CC=CC1.[Zr+2]. The molecule has 4 rings (SSSR count). The molecule has 2 aliphatic rings. The van der Waals surface area contributed by atoms with Crippen LogP contribution in [0.2, 0.25) is 27.3 Å². The van der Waals surface area contributed by atoms with E-state index in [1.165, 1.54) is 10.9 Å². The maximum Gasteiger partial charge on any atom is 2.00 e. The van der Waals surface area contributed by atoms with E-state index in [9.17, 15) is 0 Å². The molecule has 0 unspecified atom stereocenters. The van der Waals surface area contributed by atoms with Gasteiger partial charge in [-0.2, -0.15) is 12.2 Å². The number of thiol groups is 2. The Kier molecular flexibility index (Phi) is 26.5. The first-order chi connectivity index (χ1) is 14.4. The largest absolute Gasteiger partial charge is 2.00 e. The second-order valence-electron chi connectivity index (χ2n) is 7.43. The molecule has 0 saturated heterocycles. The molecular formula is C26H34B2Cl2S2Zr. The first-order valence-electron chi connectivity index (χ1n) is 10.4. The average Bonchev–Trinajstić information content (AvgIpc) is 3.47. The van der Waals surface area contributed by atoms with Gasteiger partial charge in [-0.3, -0.25) is 12.2 Å². The molecule has 0 nitrogen and oxygen atoms in total. The predicted octanol–water partition coefficient (Wildman–Crippen LogP) is 7.33. The summed E-state index contributed by atoms with van der Waals surface area (Å²) in [5, 5.41) is 0. The molecule has 0 atom stereocenters. The van der Waals surface area contributed by atoms with Crippen molar-refractivity contribution in [2.45, 2.75) is 49.9 Å². The molecule has 2 aromatic rings. The van der Waals surface area contributed by atoms with Crippen LogP contribution in [-0.4, -0.2) is 13.4 Å². The fraction of sp³-hybridized carbons (Fsp3) is 0.231. The van der Waals surface area contributed by atoms with Gasteiger partial charge in [0.25, 0.3) is 0 Å². The fourth-order valence-corrected chi connectivity index (χ4v) is 3.47. The Morgan fingerprint density at radius 3 is 1.12 bits per heavy atom. The summed E-state index contributed by atoms with van der Waals surface area (Å²) in [6.45, 7) is 9.86. The molecule has 174 valence electrons. The van der Waals surface area contributed by atoms with Crippen LogP contribution in [0.3, 0.4) is 0 Å². The molecular weight excluding hydrogens is 560 g/mol. The van der Waals surface area contributed by atoms with Crippen molar-refractivity contribution in [1.29, 1.82) is 0 Å². The van der Waals surface area contributed by atoms with Gasteiger partial charge < -0.3 is 0 Å². The van der Waals surface area contributed by atoms with Gasteiger partial charge in [-0.25, -0.2) is 24.3 Å². The van der Waals surface area contributed by atoms with Gasteiger partial charge in [0.15, 0.2) is 13.4 Å².